The van der Waals surface area contributed by atoms with E-state index in [1.54, 1.807) is 42.5 Å². The first-order valence-corrected chi connectivity index (χ1v) is 12.4. The summed E-state index contributed by atoms with van der Waals surface area (Å²) in [6.45, 7) is 5.30. The standard InChI is InChI=1S/C28H27NO4S/c1-2-14-29-15-13-23(17-29)33-22-10-5-18(6-11-22)27(32)26-24-12-9-21(31)16-25(24)34-28(26)19-3-7-20(30)8-4-19/h3-12,16,23,30-31H,2,13-15,17H2,1H3/t23-/m1/s1. The maximum absolute atomic E-state index is 13.7. The van der Waals surface area contributed by atoms with Crippen LogP contribution in [0.4, 0.5) is 0 Å². The molecule has 0 radical (unpaired) electrons. The molecule has 3 aromatic carbocycles. The molecule has 0 bridgehead atoms. The summed E-state index contributed by atoms with van der Waals surface area (Å²) in [5.74, 6) is 1.03. The molecule has 1 fully saturated rings. The van der Waals surface area contributed by atoms with E-state index in [-0.39, 0.29) is 23.4 Å². The second-order valence-electron chi connectivity index (χ2n) is 8.72. The van der Waals surface area contributed by atoms with Gasteiger partial charge in [0.15, 0.2) is 5.78 Å². The minimum Gasteiger partial charge on any atom is -0.508 e. The van der Waals surface area contributed by atoms with E-state index in [1.165, 1.54) is 11.3 Å². The van der Waals surface area contributed by atoms with Gasteiger partial charge in [0.2, 0.25) is 0 Å². The third kappa shape index (κ3) is 4.52. The van der Waals surface area contributed by atoms with Crippen molar-refractivity contribution in [1.29, 1.82) is 0 Å². The number of aromatic hydroxyl groups is 2. The van der Waals surface area contributed by atoms with Gasteiger partial charge in [-0.15, -0.1) is 11.3 Å². The zero-order valence-electron chi connectivity index (χ0n) is 19.0. The largest absolute Gasteiger partial charge is 0.508 e. The lowest BCUT2D eigenvalue weighted by Crippen LogP contribution is -2.25. The van der Waals surface area contributed by atoms with Crippen molar-refractivity contribution in [2.75, 3.05) is 19.6 Å². The lowest BCUT2D eigenvalue weighted by atomic mass is 9.97. The number of nitrogens with zero attached hydrogens (tertiary/aromatic N) is 1. The van der Waals surface area contributed by atoms with Gasteiger partial charge < -0.3 is 14.9 Å². The van der Waals surface area contributed by atoms with Crippen LogP contribution in [0.25, 0.3) is 20.5 Å². The number of rotatable bonds is 7. The van der Waals surface area contributed by atoms with Crippen LogP contribution in [0.3, 0.4) is 0 Å². The van der Waals surface area contributed by atoms with Gasteiger partial charge in [-0.1, -0.05) is 6.92 Å². The van der Waals surface area contributed by atoms with Crippen LogP contribution < -0.4 is 4.74 Å². The number of phenolic OH excluding ortho intramolecular Hbond substituents is 2. The molecule has 4 aromatic rings. The van der Waals surface area contributed by atoms with Crippen LogP contribution in [0.1, 0.15) is 35.7 Å². The van der Waals surface area contributed by atoms with Gasteiger partial charge in [0, 0.05) is 39.2 Å². The molecule has 1 aliphatic heterocycles. The van der Waals surface area contributed by atoms with Gasteiger partial charge in [-0.05, 0) is 91.7 Å². The van der Waals surface area contributed by atoms with E-state index >= 15 is 0 Å². The monoisotopic (exact) mass is 473 g/mol. The van der Waals surface area contributed by atoms with Gasteiger partial charge in [0.25, 0.3) is 0 Å². The number of phenols is 2. The molecular formula is C28H27NO4S. The van der Waals surface area contributed by atoms with E-state index in [9.17, 15) is 15.0 Å². The minimum atomic E-state index is -0.0819. The Morgan fingerprint density at radius 3 is 2.50 bits per heavy atom. The van der Waals surface area contributed by atoms with Crippen molar-refractivity contribution >= 4 is 27.2 Å². The lowest BCUT2D eigenvalue weighted by molar-refractivity contribution is 0.104. The molecule has 6 heteroatoms. The predicted molar refractivity (Wildman–Crippen MR) is 136 cm³/mol. The molecular weight excluding hydrogens is 446 g/mol. The minimum absolute atomic E-state index is 0.0819. The Morgan fingerprint density at radius 1 is 1.03 bits per heavy atom. The third-order valence-electron chi connectivity index (χ3n) is 6.22. The fourth-order valence-corrected chi connectivity index (χ4v) is 5.80. The first-order chi connectivity index (χ1) is 16.5. The highest BCUT2D eigenvalue weighted by Crippen LogP contribution is 2.41. The molecule has 0 spiro atoms. The summed E-state index contributed by atoms with van der Waals surface area (Å²) in [5, 5.41) is 20.5. The summed E-state index contributed by atoms with van der Waals surface area (Å²) in [5.41, 5.74) is 2.03. The van der Waals surface area contributed by atoms with Crippen molar-refractivity contribution in [1.82, 2.24) is 4.90 Å². The van der Waals surface area contributed by atoms with Crippen LogP contribution in [0, 0.1) is 0 Å². The van der Waals surface area contributed by atoms with E-state index in [0.29, 0.717) is 11.1 Å². The van der Waals surface area contributed by atoms with Crippen LogP contribution in [-0.4, -0.2) is 46.6 Å². The maximum atomic E-state index is 13.7. The van der Waals surface area contributed by atoms with Gasteiger partial charge >= 0.3 is 0 Å². The van der Waals surface area contributed by atoms with E-state index < -0.39 is 0 Å². The highest BCUT2D eigenvalue weighted by Gasteiger charge is 2.24. The van der Waals surface area contributed by atoms with Crippen LogP contribution >= 0.6 is 11.3 Å². The van der Waals surface area contributed by atoms with Crippen LogP contribution in [0.15, 0.2) is 66.7 Å². The molecule has 2 N–H and O–H groups in total. The van der Waals surface area contributed by atoms with Gasteiger partial charge in [0.1, 0.15) is 23.4 Å². The zero-order chi connectivity index (χ0) is 23.7. The van der Waals surface area contributed by atoms with Crippen molar-refractivity contribution in [3.63, 3.8) is 0 Å². The van der Waals surface area contributed by atoms with E-state index in [4.69, 9.17) is 4.74 Å². The molecule has 5 nitrogen and oxygen atoms in total. The first-order valence-electron chi connectivity index (χ1n) is 11.6. The van der Waals surface area contributed by atoms with Crippen LogP contribution in [0.2, 0.25) is 0 Å². The van der Waals surface area contributed by atoms with Crippen molar-refractivity contribution in [2.45, 2.75) is 25.9 Å². The van der Waals surface area contributed by atoms with Gasteiger partial charge in [0.05, 0.1) is 0 Å². The highest BCUT2D eigenvalue weighted by atomic mass is 32.1. The topological polar surface area (TPSA) is 70.0 Å². The third-order valence-corrected chi connectivity index (χ3v) is 7.42. The molecule has 2 heterocycles. The fourth-order valence-electron chi connectivity index (χ4n) is 4.56. The number of hydrogen-bond acceptors (Lipinski definition) is 6. The maximum Gasteiger partial charge on any atom is 0.195 e. The first kappa shape index (κ1) is 22.4. The number of hydrogen-bond donors (Lipinski definition) is 2. The second kappa shape index (κ2) is 9.49. The van der Waals surface area contributed by atoms with Crippen molar-refractivity contribution in [2.24, 2.45) is 0 Å². The Kier molecular flexibility index (Phi) is 6.26. The number of likely N-dealkylation sites (tertiary alicyclic amines) is 1. The Balaban J connectivity index is 1.44. The number of carbonyl (C=O) groups is 1. The average molecular weight is 474 g/mol. The summed E-state index contributed by atoms with van der Waals surface area (Å²) in [7, 11) is 0. The number of fused-ring (bicyclic) bond motifs is 1. The summed E-state index contributed by atoms with van der Waals surface area (Å²) in [6, 6.07) is 19.3. The molecule has 1 atom stereocenters. The van der Waals surface area contributed by atoms with Gasteiger partial charge in [-0.2, -0.15) is 0 Å². The van der Waals surface area contributed by atoms with Crippen molar-refractivity contribution in [3.8, 4) is 27.7 Å². The van der Waals surface area contributed by atoms with Gasteiger partial charge in [-0.3, -0.25) is 9.69 Å². The summed E-state index contributed by atoms with van der Waals surface area (Å²) >= 11 is 1.46. The lowest BCUT2D eigenvalue weighted by Gasteiger charge is -2.16. The number of ketones is 1. The number of carbonyl (C=O) groups excluding carboxylic acids is 1. The number of ether oxygens (including phenoxy) is 1. The summed E-state index contributed by atoms with van der Waals surface area (Å²) < 4.78 is 7.00. The SMILES string of the molecule is CCCN1CC[C@@H](Oc2ccc(C(=O)c3c(-c4ccc(O)cc4)sc4cc(O)ccc34)cc2)C1. The molecule has 174 valence electrons. The molecule has 0 amide bonds. The van der Waals surface area contributed by atoms with Gasteiger partial charge in [-0.25, -0.2) is 0 Å². The molecule has 34 heavy (non-hydrogen) atoms. The van der Waals surface area contributed by atoms with Crippen LogP contribution in [-0.2, 0) is 0 Å². The van der Waals surface area contributed by atoms with Crippen molar-refractivity contribution < 1.29 is 19.7 Å². The Hall–Kier alpha value is -3.35. The summed E-state index contributed by atoms with van der Waals surface area (Å²) in [4.78, 5) is 16.9. The molecule has 1 aliphatic rings. The normalized spacial score (nSPS) is 16.2. The molecule has 0 saturated carbocycles. The Morgan fingerprint density at radius 2 is 1.76 bits per heavy atom. The van der Waals surface area contributed by atoms with Crippen LogP contribution in [0.5, 0.6) is 17.2 Å². The highest BCUT2D eigenvalue weighted by molar-refractivity contribution is 7.22. The second-order valence-corrected chi connectivity index (χ2v) is 9.77. The quantitative estimate of drug-likeness (QED) is 0.319. The van der Waals surface area contributed by atoms with E-state index in [2.05, 4.69) is 11.8 Å². The molecule has 0 unspecified atom stereocenters. The molecule has 0 aliphatic carbocycles. The smallest absolute Gasteiger partial charge is 0.195 e. The summed E-state index contributed by atoms with van der Waals surface area (Å²) in [6.07, 6.45) is 2.35. The Bertz CT molecular complexity index is 1310. The van der Waals surface area contributed by atoms with Crippen molar-refractivity contribution in [3.05, 3.63) is 77.9 Å². The molecule has 1 aromatic heterocycles. The molecule has 1 saturated heterocycles. The van der Waals surface area contributed by atoms with E-state index in [1.807, 2.05) is 24.3 Å². The molecule has 5 rings (SSSR count). The number of benzene rings is 3. The zero-order valence-corrected chi connectivity index (χ0v) is 19.8. The fraction of sp³-hybridized carbons (Fsp3) is 0.250. The van der Waals surface area contributed by atoms with E-state index in [0.717, 1.165) is 58.8 Å². The Labute approximate surface area is 202 Å². The average Bonchev–Trinajstić information content (AvgIpc) is 3.43. The number of thiophene rings is 1. The predicted octanol–water partition coefficient (Wildman–Crippen LogP) is 6.07.